The second kappa shape index (κ2) is 12.9. The van der Waals surface area contributed by atoms with Crippen LogP contribution in [0.3, 0.4) is 0 Å². The summed E-state index contributed by atoms with van der Waals surface area (Å²) in [6.07, 6.45) is 20.7. The molecule has 0 amide bonds. The first-order valence-corrected chi connectivity index (χ1v) is 9.39. The number of unbranched alkanes of at least 4 members (excludes halogenated alkanes) is 10. The van der Waals surface area contributed by atoms with Crippen LogP contribution in [-0.4, -0.2) is 9.97 Å². The summed E-state index contributed by atoms with van der Waals surface area (Å²) < 4.78 is 0. The molecule has 0 spiro atoms. The minimum absolute atomic E-state index is 1.13. The van der Waals surface area contributed by atoms with E-state index in [1.165, 1.54) is 95.0 Å². The average Bonchev–Trinajstić information content (AvgIpc) is 2.94. The van der Waals surface area contributed by atoms with E-state index in [9.17, 15) is 0 Å². The summed E-state index contributed by atoms with van der Waals surface area (Å²) in [5, 5.41) is 0. The van der Waals surface area contributed by atoms with Crippen molar-refractivity contribution in [2.45, 2.75) is 104 Å². The van der Waals surface area contributed by atoms with Crippen molar-refractivity contribution in [2.75, 3.05) is 0 Å². The number of aryl methyl sites for hydroxylation is 2. The number of nitrogens with zero attached hydrogens (tertiary/aromatic N) is 1. The number of imidazole rings is 1. The molecule has 2 nitrogen and oxygen atoms in total. The van der Waals surface area contributed by atoms with Crippen LogP contribution in [0.2, 0.25) is 0 Å². The lowest BCUT2D eigenvalue weighted by Gasteiger charge is -2.00. The first kappa shape index (κ1) is 18.3. The lowest BCUT2D eigenvalue weighted by atomic mass is 10.1. The Morgan fingerprint density at radius 1 is 0.714 bits per heavy atom. The monoisotopic (exact) mass is 292 g/mol. The van der Waals surface area contributed by atoms with Gasteiger partial charge in [0.2, 0.25) is 0 Å². The van der Waals surface area contributed by atoms with E-state index in [0.29, 0.717) is 0 Å². The number of nitrogens with one attached hydrogen (secondary N) is 1. The summed E-state index contributed by atoms with van der Waals surface area (Å²) in [4.78, 5) is 8.03. The number of H-pyrrole nitrogens is 1. The van der Waals surface area contributed by atoms with Gasteiger partial charge in [0, 0.05) is 18.3 Å². The van der Waals surface area contributed by atoms with Crippen molar-refractivity contribution in [2.24, 2.45) is 0 Å². The molecule has 0 fully saturated rings. The summed E-state index contributed by atoms with van der Waals surface area (Å²) in [6.45, 7) is 4.55. The molecule has 1 heterocycles. The predicted molar refractivity (Wildman–Crippen MR) is 92.7 cm³/mol. The van der Waals surface area contributed by atoms with Crippen molar-refractivity contribution >= 4 is 0 Å². The Morgan fingerprint density at radius 3 is 1.86 bits per heavy atom. The molecule has 0 unspecified atom stereocenters. The van der Waals surface area contributed by atoms with E-state index < -0.39 is 0 Å². The molecule has 0 aliphatic rings. The second-order valence-corrected chi connectivity index (χ2v) is 6.39. The van der Waals surface area contributed by atoms with Crippen LogP contribution in [0.25, 0.3) is 0 Å². The maximum absolute atomic E-state index is 4.52. The van der Waals surface area contributed by atoms with E-state index in [1.807, 2.05) is 0 Å². The normalized spacial score (nSPS) is 11.1. The summed E-state index contributed by atoms with van der Waals surface area (Å²) in [5.74, 6) is 1.20. The zero-order valence-corrected chi connectivity index (χ0v) is 14.4. The van der Waals surface area contributed by atoms with Crippen molar-refractivity contribution in [3.8, 4) is 0 Å². The highest BCUT2D eigenvalue weighted by atomic mass is 14.9. The Bertz CT molecular complexity index is 300. The summed E-state index contributed by atoms with van der Waals surface area (Å²) >= 11 is 0. The van der Waals surface area contributed by atoms with E-state index in [-0.39, 0.29) is 0 Å². The van der Waals surface area contributed by atoms with Crippen LogP contribution in [0.4, 0.5) is 0 Å². The molecule has 0 saturated carbocycles. The van der Waals surface area contributed by atoms with Gasteiger partial charge in [0.25, 0.3) is 0 Å². The van der Waals surface area contributed by atoms with Crippen molar-refractivity contribution in [3.63, 3.8) is 0 Å². The number of rotatable bonds is 14. The van der Waals surface area contributed by atoms with E-state index in [1.54, 1.807) is 0 Å². The molecule has 0 saturated heterocycles. The van der Waals surface area contributed by atoms with Crippen LogP contribution in [0.1, 0.15) is 102 Å². The fourth-order valence-electron chi connectivity index (χ4n) is 2.83. The first-order valence-electron chi connectivity index (χ1n) is 9.39. The first-order chi connectivity index (χ1) is 10.4. The molecule has 1 aromatic rings. The second-order valence-electron chi connectivity index (χ2n) is 6.39. The standard InChI is InChI=1S/C19H36N2/c1-3-5-7-9-11-13-15-18-17-20-19(21-18)16-14-12-10-8-6-4-2/h17H,3-16H2,1-2H3,(H,20,21). The summed E-state index contributed by atoms with van der Waals surface area (Å²) in [5.41, 5.74) is 1.34. The van der Waals surface area contributed by atoms with Crippen molar-refractivity contribution < 1.29 is 0 Å². The van der Waals surface area contributed by atoms with Crippen LogP contribution >= 0.6 is 0 Å². The van der Waals surface area contributed by atoms with Crippen LogP contribution < -0.4 is 0 Å². The van der Waals surface area contributed by atoms with Gasteiger partial charge in [-0.2, -0.15) is 0 Å². The molecular weight excluding hydrogens is 256 g/mol. The molecule has 21 heavy (non-hydrogen) atoms. The average molecular weight is 293 g/mol. The molecule has 1 rings (SSSR count). The van der Waals surface area contributed by atoms with Crippen molar-refractivity contribution in [3.05, 3.63) is 17.7 Å². The molecule has 122 valence electrons. The highest BCUT2D eigenvalue weighted by molar-refractivity contribution is 5.01. The lowest BCUT2D eigenvalue weighted by Crippen LogP contribution is -1.91. The van der Waals surface area contributed by atoms with Gasteiger partial charge in [-0.15, -0.1) is 0 Å². The van der Waals surface area contributed by atoms with E-state index in [4.69, 9.17) is 0 Å². The largest absolute Gasteiger partial charge is 0.346 e. The summed E-state index contributed by atoms with van der Waals surface area (Å²) in [6, 6.07) is 0. The molecule has 1 aromatic heterocycles. The zero-order valence-electron chi connectivity index (χ0n) is 14.4. The minimum Gasteiger partial charge on any atom is -0.346 e. The Morgan fingerprint density at radius 2 is 1.24 bits per heavy atom. The molecule has 0 aliphatic heterocycles. The topological polar surface area (TPSA) is 28.7 Å². The Hall–Kier alpha value is -0.790. The maximum atomic E-state index is 4.52. The van der Waals surface area contributed by atoms with Crippen LogP contribution in [0.5, 0.6) is 0 Å². The molecule has 2 heteroatoms. The van der Waals surface area contributed by atoms with Gasteiger partial charge in [-0.25, -0.2) is 4.98 Å². The quantitative estimate of drug-likeness (QED) is 0.405. The molecule has 0 atom stereocenters. The van der Waals surface area contributed by atoms with Gasteiger partial charge in [0.05, 0.1) is 0 Å². The maximum Gasteiger partial charge on any atom is 0.106 e. The highest BCUT2D eigenvalue weighted by Gasteiger charge is 2.01. The van der Waals surface area contributed by atoms with Gasteiger partial charge in [-0.1, -0.05) is 78.1 Å². The smallest absolute Gasteiger partial charge is 0.106 e. The third-order valence-electron chi connectivity index (χ3n) is 4.25. The third-order valence-corrected chi connectivity index (χ3v) is 4.25. The van der Waals surface area contributed by atoms with E-state index in [2.05, 4.69) is 30.0 Å². The Kier molecular flexibility index (Phi) is 11.2. The predicted octanol–water partition coefficient (Wildman–Crippen LogP) is 6.22. The fourth-order valence-corrected chi connectivity index (χ4v) is 2.83. The number of hydrogen-bond acceptors (Lipinski definition) is 1. The van der Waals surface area contributed by atoms with Gasteiger partial charge in [-0.3, -0.25) is 0 Å². The van der Waals surface area contributed by atoms with Gasteiger partial charge in [-0.05, 0) is 19.3 Å². The van der Waals surface area contributed by atoms with Gasteiger partial charge in [0.15, 0.2) is 0 Å². The fraction of sp³-hybridized carbons (Fsp3) is 0.842. The Balaban J connectivity index is 2.01. The molecule has 1 N–H and O–H groups in total. The molecule has 0 aromatic carbocycles. The van der Waals surface area contributed by atoms with Crippen LogP contribution in [-0.2, 0) is 12.8 Å². The minimum atomic E-state index is 1.13. The molecule has 0 bridgehead atoms. The van der Waals surface area contributed by atoms with E-state index >= 15 is 0 Å². The number of aromatic amines is 1. The highest BCUT2D eigenvalue weighted by Crippen LogP contribution is 2.11. The summed E-state index contributed by atoms with van der Waals surface area (Å²) in [7, 11) is 0. The van der Waals surface area contributed by atoms with Crippen molar-refractivity contribution in [1.29, 1.82) is 0 Å². The van der Waals surface area contributed by atoms with Crippen LogP contribution in [0.15, 0.2) is 6.20 Å². The molecule has 0 radical (unpaired) electrons. The van der Waals surface area contributed by atoms with Crippen LogP contribution in [0, 0.1) is 0 Å². The molecule has 0 aliphatic carbocycles. The SMILES string of the molecule is CCCCCCCCc1cnc(CCCCCCCC)[nH]1. The van der Waals surface area contributed by atoms with Gasteiger partial charge in [0.1, 0.15) is 5.82 Å². The number of hydrogen-bond donors (Lipinski definition) is 1. The van der Waals surface area contributed by atoms with Crippen molar-refractivity contribution in [1.82, 2.24) is 9.97 Å². The van der Waals surface area contributed by atoms with Gasteiger partial charge < -0.3 is 4.98 Å². The lowest BCUT2D eigenvalue weighted by molar-refractivity contribution is 0.599. The third kappa shape index (κ3) is 9.71. The molecular formula is C19H36N2. The van der Waals surface area contributed by atoms with E-state index in [0.717, 1.165) is 6.42 Å². The number of aromatic nitrogens is 2. The van der Waals surface area contributed by atoms with Gasteiger partial charge >= 0.3 is 0 Å². The zero-order chi connectivity index (χ0) is 15.2. The Labute approximate surface area is 132 Å².